The highest BCUT2D eigenvalue weighted by atomic mass is 127. The molecule has 2 aromatic rings. The maximum Gasteiger partial charge on any atom is 0.195 e. The van der Waals surface area contributed by atoms with Crippen LogP contribution in [0.15, 0.2) is 29.4 Å². The molecule has 8 heteroatoms. The van der Waals surface area contributed by atoms with Crippen molar-refractivity contribution < 1.29 is 9.47 Å². The van der Waals surface area contributed by atoms with Gasteiger partial charge in [0.05, 0.1) is 25.8 Å². The molecule has 1 aromatic carbocycles. The van der Waals surface area contributed by atoms with Crippen LogP contribution in [-0.4, -0.2) is 32.2 Å². The van der Waals surface area contributed by atoms with E-state index in [1.807, 2.05) is 24.4 Å². The average Bonchev–Trinajstić information content (AvgIpc) is 3.04. The molecule has 1 aromatic heterocycles. The van der Waals surface area contributed by atoms with E-state index in [-0.39, 0.29) is 24.0 Å². The van der Waals surface area contributed by atoms with Crippen molar-refractivity contribution in [3.63, 3.8) is 0 Å². The third-order valence-electron chi connectivity index (χ3n) is 3.48. The van der Waals surface area contributed by atoms with Gasteiger partial charge in [0.2, 0.25) is 0 Å². The third-order valence-corrected chi connectivity index (χ3v) is 4.50. The van der Waals surface area contributed by atoms with Gasteiger partial charge in [-0.15, -0.1) is 35.3 Å². The monoisotopic (exact) mass is 490 g/mol. The predicted molar refractivity (Wildman–Crippen MR) is 119 cm³/mol. The van der Waals surface area contributed by atoms with E-state index < -0.39 is 0 Å². The first-order valence-electron chi connectivity index (χ1n) is 8.19. The molecule has 0 saturated heterocycles. The molecule has 0 spiro atoms. The number of anilines is 1. The number of aliphatic imine (C=N–C) groups is 1. The Hall–Kier alpha value is -1.55. The fourth-order valence-corrected chi connectivity index (χ4v) is 3.35. The number of guanidine groups is 1. The second-order valence-electron chi connectivity index (χ2n) is 5.94. The summed E-state index contributed by atoms with van der Waals surface area (Å²) >= 11 is 1.74. The molecule has 0 unspecified atom stereocenters. The smallest absolute Gasteiger partial charge is 0.195 e. The maximum absolute atomic E-state index is 5.32. The number of nitrogens with one attached hydrogen (secondary N) is 2. The van der Waals surface area contributed by atoms with Gasteiger partial charge in [-0.25, -0.2) is 4.98 Å². The summed E-state index contributed by atoms with van der Waals surface area (Å²) in [4.78, 5) is 9.92. The second kappa shape index (κ2) is 11.2. The third kappa shape index (κ3) is 6.64. The molecule has 0 radical (unpaired) electrons. The van der Waals surface area contributed by atoms with Crippen LogP contribution < -0.4 is 20.1 Å². The van der Waals surface area contributed by atoms with Crippen LogP contribution in [0.1, 0.15) is 23.7 Å². The summed E-state index contributed by atoms with van der Waals surface area (Å²) < 4.78 is 10.6. The lowest BCUT2D eigenvalue weighted by molar-refractivity contribution is 0.355. The molecular formula is C18H27IN4O2S. The number of thiazole rings is 1. The Labute approximate surface area is 176 Å². The van der Waals surface area contributed by atoms with Crippen LogP contribution in [0.3, 0.4) is 0 Å². The quantitative estimate of drug-likeness (QED) is 0.347. The van der Waals surface area contributed by atoms with Crippen LogP contribution in [0.2, 0.25) is 0 Å². The Bertz CT molecular complexity index is 719. The van der Waals surface area contributed by atoms with E-state index >= 15 is 0 Å². The minimum absolute atomic E-state index is 0. The summed E-state index contributed by atoms with van der Waals surface area (Å²) in [6.45, 7) is 5.09. The van der Waals surface area contributed by atoms with Crippen molar-refractivity contribution >= 4 is 47.0 Å². The Balaban J connectivity index is 0.00000338. The van der Waals surface area contributed by atoms with Gasteiger partial charge >= 0.3 is 0 Å². The largest absolute Gasteiger partial charge is 0.493 e. The van der Waals surface area contributed by atoms with Gasteiger partial charge in [-0.05, 0) is 18.1 Å². The lowest BCUT2D eigenvalue weighted by Crippen LogP contribution is -2.29. The summed E-state index contributed by atoms with van der Waals surface area (Å²) in [5.74, 6) is 2.67. The van der Waals surface area contributed by atoms with E-state index in [2.05, 4.69) is 34.5 Å². The van der Waals surface area contributed by atoms with Crippen LogP contribution in [0.4, 0.5) is 5.69 Å². The van der Waals surface area contributed by atoms with E-state index in [1.165, 1.54) is 9.88 Å². The Morgan fingerprint density at radius 2 is 1.96 bits per heavy atom. The fraction of sp³-hybridized carbons (Fsp3) is 0.444. The molecule has 0 saturated carbocycles. The number of hydrogen-bond donors (Lipinski definition) is 2. The van der Waals surface area contributed by atoms with Crippen LogP contribution >= 0.6 is 35.3 Å². The Morgan fingerprint density at radius 1 is 1.23 bits per heavy atom. The summed E-state index contributed by atoms with van der Waals surface area (Å²) in [6, 6.07) is 5.65. The number of aromatic nitrogens is 1. The molecule has 6 nitrogen and oxygen atoms in total. The molecule has 26 heavy (non-hydrogen) atoms. The predicted octanol–water partition coefficient (Wildman–Crippen LogP) is 4.16. The normalized spacial score (nSPS) is 11.1. The minimum atomic E-state index is 0. The van der Waals surface area contributed by atoms with Gasteiger partial charge in [0.25, 0.3) is 0 Å². The first kappa shape index (κ1) is 22.5. The maximum atomic E-state index is 5.32. The topological polar surface area (TPSA) is 67.8 Å². The lowest BCUT2D eigenvalue weighted by atomic mass is 10.1. The molecule has 0 amide bonds. The van der Waals surface area contributed by atoms with Crippen molar-refractivity contribution in [2.24, 2.45) is 10.9 Å². The number of ether oxygens (including phenoxy) is 2. The molecule has 0 bridgehead atoms. The lowest BCUT2D eigenvalue weighted by Gasteiger charge is -2.13. The average molecular weight is 490 g/mol. The molecule has 1 heterocycles. The van der Waals surface area contributed by atoms with Gasteiger partial charge in [0.1, 0.15) is 0 Å². The SMILES string of the molecule is CN=C(NCc1cnc(CC(C)C)s1)Nc1ccc(OC)c(OC)c1.I. The summed E-state index contributed by atoms with van der Waals surface area (Å²) in [7, 11) is 4.98. The van der Waals surface area contributed by atoms with Crippen molar-refractivity contribution in [1.29, 1.82) is 0 Å². The second-order valence-corrected chi connectivity index (χ2v) is 7.14. The highest BCUT2D eigenvalue weighted by Crippen LogP contribution is 2.29. The van der Waals surface area contributed by atoms with Crippen molar-refractivity contribution in [3.8, 4) is 11.5 Å². The van der Waals surface area contributed by atoms with Gasteiger partial charge in [0, 0.05) is 36.3 Å². The molecular weight excluding hydrogens is 463 g/mol. The van der Waals surface area contributed by atoms with Crippen molar-refractivity contribution in [2.75, 3.05) is 26.6 Å². The van der Waals surface area contributed by atoms with Gasteiger partial charge in [-0.2, -0.15) is 0 Å². The number of hydrogen-bond acceptors (Lipinski definition) is 5. The number of nitrogens with zero attached hydrogens (tertiary/aromatic N) is 2. The zero-order valence-electron chi connectivity index (χ0n) is 15.8. The van der Waals surface area contributed by atoms with Gasteiger partial charge < -0.3 is 20.1 Å². The van der Waals surface area contributed by atoms with Crippen molar-refractivity contribution in [1.82, 2.24) is 10.3 Å². The number of benzene rings is 1. The summed E-state index contributed by atoms with van der Waals surface area (Å²) in [6.07, 6.45) is 2.95. The van der Waals surface area contributed by atoms with E-state index in [0.29, 0.717) is 29.9 Å². The van der Waals surface area contributed by atoms with Crippen LogP contribution in [0, 0.1) is 5.92 Å². The van der Waals surface area contributed by atoms with Gasteiger partial charge in [0.15, 0.2) is 17.5 Å². The molecule has 0 aliphatic rings. The summed E-state index contributed by atoms with van der Waals surface area (Å²) in [5.41, 5.74) is 0.871. The zero-order chi connectivity index (χ0) is 18.2. The van der Waals surface area contributed by atoms with Crippen LogP contribution in [0.25, 0.3) is 0 Å². The summed E-state index contributed by atoms with van der Waals surface area (Å²) in [5, 5.41) is 7.73. The van der Waals surface area contributed by atoms with Gasteiger partial charge in [-0.3, -0.25) is 4.99 Å². The van der Waals surface area contributed by atoms with Crippen LogP contribution in [-0.2, 0) is 13.0 Å². The number of halogens is 1. The Morgan fingerprint density at radius 3 is 2.58 bits per heavy atom. The first-order chi connectivity index (χ1) is 12.0. The standard InChI is InChI=1S/C18H26N4O2S.HI/c1-12(2)8-17-20-10-14(25-17)11-21-18(19-3)22-13-6-7-15(23-4)16(9-13)24-5;/h6-7,9-10,12H,8,11H2,1-5H3,(H2,19,21,22);1H. The molecule has 0 aliphatic carbocycles. The molecule has 2 N–H and O–H groups in total. The fourth-order valence-electron chi connectivity index (χ4n) is 2.27. The molecule has 0 atom stereocenters. The minimum Gasteiger partial charge on any atom is -0.493 e. The molecule has 144 valence electrons. The molecule has 0 aliphatic heterocycles. The Kier molecular flexibility index (Phi) is 9.71. The van der Waals surface area contributed by atoms with E-state index in [9.17, 15) is 0 Å². The van der Waals surface area contributed by atoms with Gasteiger partial charge in [-0.1, -0.05) is 13.8 Å². The number of methoxy groups -OCH3 is 2. The van der Waals surface area contributed by atoms with E-state index in [0.717, 1.165) is 12.1 Å². The van der Waals surface area contributed by atoms with Crippen LogP contribution in [0.5, 0.6) is 11.5 Å². The molecule has 2 rings (SSSR count). The zero-order valence-corrected chi connectivity index (χ0v) is 19.0. The van der Waals surface area contributed by atoms with Crippen molar-refractivity contribution in [3.05, 3.63) is 34.3 Å². The number of rotatable bonds is 7. The van der Waals surface area contributed by atoms with E-state index in [1.54, 1.807) is 32.6 Å². The van der Waals surface area contributed by atoms with E-state index in [4.69, 9.17) is 9.47 Å². The molecule has 0 fully saturated rings. The van der Waals surface area contributed by atoms with Crippen molar-refractivity contribution in [2.45, 2.75) is 26.8 Å². The first-order valence-corrected chi connectivity index (χ1v) is 9.00. The highest BCUT2D eigenvalue weighted by molar-refractivity contribution is 14.0. The highest BCUT2D eigenvalue weighted by Gasteiger charge is 2.08.